The third-order valence-corrected chi connectivity index (χ3v) is 3.48. The minimum Gasteiger partial charge on any atom is -0.398 e. The Balaban J connectivity index is 1.89. The lowest BCUT2D eigenvalue weighted by atomic mass is 9.89. The summed E-state index contributed by atoms with van der Waals surface area (Å²) in [4.78, 5) is 1.08. The molecule has 106 valence electrons. The van der Waals surface area contributed by atoms with Crippen LogP contribution in [0.5, 0.6) is 0 Å². The van der Waals surface area contributed by atoms with Crippen molar-refractivity contribution in [3.05, 3.63) is 23.0 Å². The first kappa shape index (κ1) is 13.2. The van der Waals surface area contributed by atoms with Crippen LogP contribution in [0.4, 0.5) is 18.9 Å². The fourth-order valence-corrected chi connectivity index (χ4v) is 2.17. The molecule has 1 aromatic heterocycles. The van der Waals surface area contributed by atoms with E-state index in [1.807, 2.05) is 0 Å². The zero-order chi connectivity index (χ0) is 14.5. The highest BCUT2D eigenvalue weighted by Crippen LogP contribution is 2.44. The summed E-state index contributed by atoms with van der Waals surface area (Å²) in [5.74, 6) is -3.35. The Bertz CT molecular complexity index is 664. The Morgan fingerprint density at radius 1 is 1.35 bits per heavy atom. The average molecular weight is 304 g/mol. The van der Waals surface area contributed by atoms with E-state index < -0.39 is 17.8 Å². The topological polar surface area (TPSA) is 69.6 Å². The van der Waals surface area contributed by atoms with Gasteiger partial charge in [-0.3, -0.25) is 0 Å². The van der Waals surface area contributed by atoms with Crippen molar-refractivity contribution >= 4 is 17.3 Å². The molecule has 9 heteroatoms. The van der Waals surface area contributed by atoms with Crippen LogP contribution in [0.1, 0.15) is 18.9 Å². The molecule has 1 fully saturated rings. The molecular weight excluding hydrogens is 295 g/mol. The second-order valence-corrected chi connectivity index (χ2v) is 5.11. The van der Waals surface area contributed by atoms with E-state index in [-0.39, 0.29) is 34.9 Å². The number of hydrogen-bond donors (Lipinski definition) is 1. The van der Waals surface area contributed by atoms with Crippen molar-refractivity contribution in [1.82, 2.24) is 20.2 Å². The van der Waals surface area contributed by atoms with E-state index in [4.69, 9.17) is 17.3 Å². The van der Waals surface area contributed by atoms with Crippen molar-refractivity contribution in [2.24, 2.45) is 0 Å². The van der Waals surface area contributed by atoms with Gasteiger partial charge in [0, 0.05) is 12.8 Å². The smallest absolute Gasteiger partial charge is 0.252 e. The van der Waals surface area contributed by atoms with Gasteiger partial charge >= 0.3 is 0 Å². The number of hydrogen-bond acceptors (Lipinski definition) is 4. The van der Waals surface area contributed by atoms with Gasteiger partial charge in [0.2, 0.25) is 5.82 Å². The van der Waals surface area contributed by atoms with Crippen LogP contribution in [0, 0.1) is 5.82 Å². The van der Waals surface area contributed by atoms with Crippen molar-refractivity contribution in [2.45, 2.75) is 24.8 Å². The van der Waals surface area contributed by atoms with Crippen LogP contribution in [-0.2, 0) is 0 Å². The van der Waals surface area contributed by atoms with E-state index in [0.717, 1.165) is 10.9 Å². The van der Waals surface area contributed by atoms with Crippen LogP contribution < -0.4 is 5.73 Å². The second kappa shape index (κ2) is 4.34. The lowest BCUT2D eigenvalue weighted by Crippen LogP contribution is -2.38. The zero-order valence-electron chi connectivity index (χ0n) is 10.0. The van der Waals surface area contributed by atoms with Gasteiger partial charge in [-0.2, -0.15) is 4.80 Å². The molecule has 2 aromatic rings. The van der Waals surface area contributed by atoms with E-state index in [0.29, 0.717) is 0 Å². The molecule has 5 nitrogen and oxygen atoms in total. The van der Waals surface area contributed by atoms with Crippen LogP contribution >= 0.6 is 11.6 Å². The Morgan fingerprint density at radius 2 is 2.05 bits per heavy atom. The molecule has 0 amide bonds. The molecule has 0 saturated heterocycles. The number of anilines is 1. The largest absolute Gasteiger partial charge is 0.398 e. The zero-order valence-corrected chi connectivity index (χ0v) is 10.8. The number of halogens is 4. The van der Waals surface area contributed by atoms with Gasteiger partial charge in [-0.25, -0.2) is 13.2 Å². The molecule has 1 aliphatic carbocycles. The molecule has 0 aliphatic heterocycles. The molecule has 0 atom stereocenters. The van der Waals surface area contributed by atoms with Crippen molar-refractivity contribution in [3.63, 3.8) is 0 Å². The van der Waals surface area contributed by atoms with Crippen LogP contribution in [0.25, 0.3) is 11.4 Å². The summed E-state index contributed by atoms with van der Waals surface area (Å²) in [5, 5.41) is 11.3. The number of nitrogen functional groups attached to an aromatic ring is 1. The van der Waals surface area contributed by atoms with Gasteiger partial charge in [-0.05, 0) is 17.3 Å². The standard InChI is InChI=1S/C11H9ClF3N5/c12-7-2-8(13)6(1-9(7)16)10-17-19-20(18-10)5-3-11(14,15)4-5/h1-2,5H,3-4,16H2. The molecule has 1 aliphatic rings. The fraction of sp³-hybridized carbons (Fsp3) is 0.364. The summed E-state index contributed by atoms with van der Waals surface area (Å²) in [5.41, 5.74) is 5.79. The first-order valence-electron chi connectivity index (χ1n) is 5.78. The molecule has 1 heterocycles. The average Bonchev–Trinajstić information content (AvgIpc) is 2.79. The van der Waals surface area contributed by atoms with E-state index in [2.05, 4.69) is 15.4 Å². The highest BCUT2D eigenvalue weighted by atomic mass is 35.5. The monoisotopic (exact) mass is 303 g/mol. The molecule has 0 spiro atoms. The molecule has 1 aromatic carbocycles. The quantitative estimate of drug-likeness (QED) is 0.866. The number of aromatic nitrogens is 4. The molecule has 2 N–H and O–H groups in total. The number of rotatable bonds is 2. The van der Waals surface area contributed by atoms with Gasteiger partial charge in [-0.1, -0.05) is 11.6 Å². The van der Waals surface area contributed by atoms with Crippen LogP contribution in [0.15, 0.2) is 12.1 Å². The Kier molecular flexibility index (Phi) is 2.86. The number of nitrogens with two attached hydrogens (primary N) is 1. The van der Waals surface area contributed by atoms with E-state index in [1.165, 1.54) is 6.07 Å². The summed E-state index contributed by atoms with van der Waals surface area (Å²) in [6.45, 7) is 0. The Labute approximate surface area is 116 Å². The summed E-state index contributed by atoms with van der Waals surface area (Å²) in [6, 6.07) is 1.82. The first-order chi connectivity index (χ1) is 9.35. The maximum absolute atomic E-state index is 13.8. The number of alkyl halides is 2. The van der Waals surface area contributed by atoms with Crippen molar-refractivity contribution in [2.75, 3.05) is 5.73 Å². The third kappa shape index (κ3) is 2.20. The minimum atomic E-state index is -2.69. The predicted octanol–water partition coefficient (Wildman–Crippen LogP) is 2.69. The minimum absolute atomic E-state index is 0.0129. The van der Waals surface area contributed by atoms with Crippen molar-refractivity contribution in [1.29, 1.82) is 0 Å². The lowest BCUT2D eigenvalue weighted by molar-refractivity contribution is -0.110. The highest BCUT2D eigenvalue weighted by molar-refractivity contribution is 6.33. The van der Waals surface area contributed by atoms with Gasteiger partial charge in [0.1, 0.15) is 5.82 Å². The molecule has 1 saturated carbocycles. The lowest BCUT2D eigenvalue weighted by Gasteiger charge is -2.33. The van der Waals surface area contributed by atoms with Gasteiger partial charge in [0.25, 0.3) is 5.92 Å². The van der Waals surface area contributed by atoms with Gasteiger partial charge in [0.15, 0.2) is 0 Å². The predicted molar refractivity (Wildman–Crippen MR) is 65.9 cm³/mol. The first-order valence-corrected chi connectivity index (χ1v) is 6.16. The van der Waals surface area contributed by atoms with Crippen LogP contribution in [0.2, 0.25) is 5.02 Å². The summed E-state index contributed by atoms with van der Waals surface area (Å²) < 4.78 is 39.3. The normalized spacial score (nSPS) is 18.0. The van der Waals surface area contributed by atoms with E-state index in [9.17, 15) is 13.2 Å². The molecular formula is C11H9ClF3N5. The van der Waals surface area contributed by atoms with E-state index >= 15 is 0 Å². The maximum Gasteiger partial charge on any atom is 0.252 e. The Morgan fingerprint density at radius 3 is 2.70 bits per heavy atom. The molecule has 0 bridgehead atoms. The van der Waals surface area contributed by atoms with Crippen molar-refractivity contribution < 1.29 is 13.2 Å². The number of benzene rings is 1. The van der Waals surface area contributed by atoms with Crippen molar-refractivity contribution in [3.8, 4) is 11.4 Å². The molecule has 3 rings (SSSR count). The highest BCUT2D eigenvalue weighted by Gasteiger charge is 2.47. The van der Waals surface area contributed by atoms with Crippen LogP contribution in [-0.4, -0.2) is 26.1 Å². The number of tetrazole rings is 1. The summed E-state index contributed by atoms with van der Waals surface area (Å²) in [6.07, 6.45) is -0.678. The van der Waals surface area contributed by atoms with Crippen LogP contribution in [0.3, 0.4) is 0 Å². The summed E-state index contributed by atoms with van der Waals surface area (Å²) in [7, 11) is 0. The number of nitrogens with zero attached hydrogens (tertiary/aromatic N) is 4. The molecule has 0 unspecified atom stereocenters. The summed E-state index contributed by atoms with van der Waals surface area (Å²) >= 11 is 5.68. The fourth-order valence-electron chi connectivity index (χ4n) is 2.02. The van der Waals surface area contributed by atoms with Gasteiger partial charge in [-0.15, -0.1) is 10.2 Å². The molecule has 20 heavy (non-hydrogen) atoms. The third-order valence-electron chi connectivity index (χ3n) is 3.15. The SMILES string of the molecule is Nc1cc(-c2nnn(C3CC(F)(F)C3)n2)c(F)cc1Cl. The van der Waals surface area contributed by atoms with Gasteiger partial charge in [0.05, 0.1) is 22.3 Å². The second-order valence-electron chi connectivity index (χ2n) is 4.71. The molecule has 0 radical (unpaired) electrons. The maximum atomic E-state index is 13.8. The van der Waals surface area contributed by atoms with Gasteiger partial charge < -0.3 is 5.73 Å². The van der Waals surface area contributed by atoms with E-state index in [1.54, 1.807) is 0 Å². The Hall–Kier alpha value is -1.83.